The lowest BCUT2D eigenvalue weighted by Crippen LogP contribution is -2.49. The number of nitrogens with one attached hydrogen (secondary N) is 2. The average Bonchev–Trinajstić information content (AvgIpc) is 2.05. The van der Waals surface area contributed by atoms with Gasteiger partial charge in [-0.3, -0.25) is 4.79 Å². The maximum absolute atomic E-state index is 11.4. The predicted octanol–water partition coefficient (Wildman–Crippen LogP) is 0.653. The van der Waals surface area contributed by atoms with E-state index < -0.39 is 0 Å². The van der Waals surface area contributed by atoms with E-state index >= 15 is 0 Å². The summed E-state index contributed by atoms with van der Waals surface area (Å²) in [7, 11) is 0. The van der Waals surface area contributed by atoms with Crippen molar-refractivity contribution in [3.8, 4) is 0 Å². The summed E-state index contributed by atoms with van der Waals surface area (Å²) in [4.78, 5) is 11.4. The van der Waals surface area contributed by atoms with Crippen molar-refractivity contribution in [1.82, 2.24) is 10.6 Å². The predicted molar refractivity (Wildman–Crippen MR) is 48.9 cm³/mol. The Hall–Kier alpha value is -0.570. The first kappa shape index (κ1) is 9.52. The van der Waals surface area contributed by atoms with Crippen LogP contribution in [0.3, 0.4) is 0 Å². The van der Waals surface area contributed by atoms with Crippen LogP contribution in [0.5, 0.6) is 0 Å². The molecule has 0 unspecified atom stereocenters. The summed E-state index contributed by atoms with van der Waals surface area (Å²) in [6.45, 7) is 4.81. The molecule has 3 nitrogen and oxygen atoms in total. The van der Waals surface area contributed by atoms with Crippen LogP contribution in [0, 0.1) is 0 Å². The molecule has 1 rings (SSSR count). The summed E-state index contributed by atoms with van der Waals surface area (Å²) < 4.78 is 0. The quantitative estimate of drug-likeness (QED) is 0.639. The molecular weight excluding hydrogens is 152 g/mol. The minimum Gasteiger partial charge on any atom is -0.355 e. The van der Waals surface area contributed by atoms with Crippen molar-refractivity contribution in [1.29, 1.82) is 0 Å². The van der Waals surface area contributed by atoms with Crippen LogP contribution in [-0.2, 0) is 4.79 Å². The van der Waals surface area contributed by atoms with Crippen molar-refractivity contribution in [2.75, 3.05) is 6.54 Å². The zero-order chi connectivity index (χ0) is 8.97. The highest BCUT2D eigenvalue weighted by atomic mass is 16.2. The van der Waals surface area contributed by atoms with Crippen LogP contribution in [-0.4, -0.2) is 24.5 Å². The van der Waals surface area contributed by atoms with Crippen molar-refractivity contribution in [3.63, 3.8) is 0 Å². The highest BCUT2D eigenvalue weighted by Gasteiger charge is 2.23. The van der Waals surface area contributed by atoms with Gasteiger partial charge < -0.3 is 10.6 Å². The molecular formula is C9H18N2O. The highest BCUT2D eigenvalue weighted by Crippen LogP contribution is 2.11. The topological polar surface area (TPSA) is 41.1 Å². The Labute approximate surface area is 73.9 Å². The van der Waals surface area contributed by atoms with Crippen molar-refractivity contribution in [2.24, 2.45) is 0 Å². The van der Waals surface area contributed by atoms with Gasteiger partial charge in [0.15, 0.2) is 0 Å². The number of amides is 1. The van der Waals surface area contributed by atoms with Gasteiger partial charge in [-0.15, -0.1) is 0 Å². The second-order valence-electron chi connectivity index (χ2n) is 3.45. The summed E-state index contributed by atoms with van der Waals surface area (Å²) >= 11 is 0. The zero-order valence-corrected chi connectivity index (χ0v) is 7.89. The van der Waals surface area contributed by atoms with E-state index in [1.807, 2.05) is 6.92 Å². The Morgan fingerprint density at radius 2 is 2.33 bits per heavy atom. The first-order chi connectivity index (χ1) is 5.74. The Kier molecular flexibility index (Phi) is 3.53. The monoisotopic (exact) mass is 170 g/mol. The number of piperidine rings is 1. The highest BCUT2D eigenvalue weighted by molar-refractivity contribution is 5.81. The molecule has 0 aromatic heterocycles. The lowest BCUT2D eigenvalue weighted by molar-refractivity contribution is -0.123. The molecule has 1 saturated heterocycles. The molecule has 12 heavy (non-hydrogen) atoms. The number of hydrogen-bond donors (Lipinski definition) is 2. The zero-order valence-electron chi connectivity index (χ0n) is 7.89. The van der Waals surface area contributed by atoms with Gasteiger partial charge in [-0.2, -0.15) is 0 Å². The molecule has 0 bridgehead atoms. The fourth-order valence-corrected chi connectivity index (χ4v) is 1.64. The molecule has 1 amide bonds. The van der Waals surface area contributed by atoms with E-state index in [9.17, 15) is 4.79 Å². The smallest absolute Gasteiger partial charge is 0.237 e. The molecule has 0 aromatic carbocycles. The molecule has 2 N–H and O–H groups in total. The van der Waals surface area contributed by atoms with E-state index in [0.717, 1.165) is 19.4 Å². The number of hydrogen-bond acceptors (Lipinski definition) is 2. The van der Waals surface area contributed by atoms with Crippen LogP contribution in [0.25, 0.3) is 0 Å². The van der Waals surface area contributed by atoms with Gasteiger partial charge in [0, 0.05) is 12.6 Å². The Balaban J connectivity index is 2.35. The second kappa shape index (κ2) is 4.45. The maximum atomic E-state index is 11.4. The van der Waals surface area contributed by atoms with Gasteiger partial charge in [0.05, 0.1) is 6.04 Å². The maximum Gasteiger partial charge on any atom is 0.237 e. The third kappa shape index (κ3) is 2.48. The van der Waals surface area contributed by atoms with E-state index in [1.54, 1.807) is 0 Å². The van der Waals surface area contributed by atoms with Gasteiger partial charge in [0.25, 0.3) is 0 Å². The molecule has 2 atom stereocenters. The van der Waals surface area contributed by atoms with Gasteiger partial charge in [0.1, 0.15) is 0 Å². The summed E-state index contributed by atoms with van der Waals surface area (Å²) in [5.41, 5.74) is 0. The molecule has 0 saturated carbocycles. The largest absolute Gasteiger partial charge is 0.355 e. The number of likely N-dealkylation sites (N-methyl/N-ethyl adjacent to an activating group) is 1. The Morgan fingerprint density at radius 3 is 2.92 bits per heavy atom. The van der Waals surface area contributed by atoms with E-state index in [0.29, 0.717) is 6.04 Å². The Bertz CT molecular complexity index is 159. The second-order valence-corrected chi connectivity index (χ2v) is 3.45. The van der Waals surface area contributed by atoms with E-state index in [4.69, 9.17) is 0 Å². The van der Waals surface area contributed by atoms with Crippen LogP contribution < -0.4 is 10.6 Å². The molecule has 1 aliphatic heterocycles. The summed E-state index contributed by atoms with van der Waals surface area (Å²) in [5, 5.41) is 6.12. The van der Waals surface area contributed by atoms with E-state index in [-0.39, 0.29) is 11.9 Å². The third-order valence-corrected chi connectivity index (χ3v) is 2.28. The average molecular weight is 170 g/mol. The number of carbonyl (C=O) groups is 1. The SMILES string of the molecule is CCNC(=O)[C@@H]1CCC[C@@H](C)N1. The van der Waals surface area contributed by atoms with E-state index in [2.05, 4.69) is 17.6 Å². The minimum absolute atomic E-state index is 0.0497. The van der Waals surface area contributed by atoms with E-state index in [1.165, 1.54) is 6.42 Å². The van der Waals surface area contributed by atoms with Crippen LogP contribution in [0.2, 0.25) is 0 Å². The van der Waals surface area contributed by atoms with Crippen molar-refractivity contribution in [3.05, 3.63) is 0 Å². The normalized spacial score (nSPS) is 29.8. The molecule has 1 fully saturated rings. The van der Waals surface area contributed by atoms with Gasteiger partial charge in [0.2, 0.25) is 5.91 Å². The molecule has 1 heterocycles. The summed E-state index contributed by atoms with van der Waals surface area (Å²) in [6.07, 6.45) is 3.34. The van der Waals surface area contributed by atoms with Crippen LogP contribution in [0.15, 0.2) is 0 Å². The molecule has 1 aliphatic rings. The molecule has 0 spiro atoms. The molecule has 0 aliphatic carbocycles. The number of rotatable bonds is 2. The molecule has 3 heteroatoms. The van der Waals surface area contributed by atoms with Crippen molar-refractivity contribution >= 4 is 5.91 Å². The van der Waals surface area contributed by atoms with Gasteiger partial charge in [-0.25, -0.2) is 0 Å². The standard InChI is InChI=1S/C9H18N2O/c1-3-10-9(12)8-6-4-5-7(2)11-8/h7-8,11H,3-6H2,1-2H3,(H,10,12)/t7-,8+/m1/s1. The van der Waals surface area contributed by atoms with Gasteiger partial charge in [-0.1, -0.05) is 0 Å². The summed E-state index contributed by atoms with van der Waals surface area (Å²) in [6, 6.07) is 0.542. The third-order valence-electron chi connectivity index (χ3n) is 2.28. The van der Waals surface area contributed by atoms with Crippen LogP contribution in [0.4, 0.5) is 0 Å². The molecule has 0 aromatic rings. The van der Waals surface area contributed by atoms with Crippen LogP contribution in [0.1, 0.15) is 33.1 Å². The fraction of sp³-hybridized carbons (Fsp3) is 0.889. The van der Waals surface area contributed by atoms with Gasteiger partial charge >= 0.3 is 0 Å². The van der Waals surface area contributed by atoms with Crippen molar-refractivity contribution in [2.45, 2.75) is 45.2 Å². The van der Waals surface area contributed by atoms with Crippen molar-refractivity contribution < 1.29 is 4.79 Å². The lowest BCUT2D eigenvalue weighted by Gasteiger charge is -2.27. The minimum atomic E-state index is 0.0497. The molecule has 70 valence electrons. The first-order valence-electron chi connectivity index (χ1n) is 4.77. The van der Waals surface area contributed by atoms with Crippen LogP contribution >= 0.6 is 0 Å². The van der Waals surface area contributed by atoms with Gasteiger partial charge in [-0.05, 0) is 33.1 Å². The number of carbonyl (C=O) groups excluding carboxylic acids is 1. The lowest BCUT2D eigenvalue weighted by atomic mass is 9.99. The molecule has 0 radical (unpaired) electrons. The fourth-order valence-electron chi connectivity index (χ4n) is 1.64. The summed E-state index contributed by atoms with van der Waals surface area (Å²) in [5.74, 6) is 0.157. The Morgan fingerprint density at radius 1 is 1.58 bits per heavy atom. The first-order valence-corrected chi connectivity index (χ1v) is 4.77.